The summed E-state index contributed by atoms with van der Waals surface area (Å²) in [7, 11) is 1.90. The molecule has 3 rings (SSSR count). The summed E-state index contributed by atoms with van der Waals surface area (Å²) in [4.78, 5) is 27.5. The van der Waals surface area contributed by atoms with Crippen LogP contribution in [0.25, 0.3) is 0 Å². The van der Waals surface area contributed by atoms with Gasteiger partial charge in [-0.1, -0.05) is 43.7 Å². The smallest absolute Gasteiger partial charge is 0.317 e. The molecule has 0 bridgehead atoms. The number of hydrogen-bond acceptors (Lipinski definition) is 3. The molecule has 2 aliphatic carbocycles. The summed E-state index contributed by atoms with van der Waals surface area (Å²) in [5.74, 6) is -0.389. The number of likely N-dealkylation sites (N-methyl/N-ethyl adjacent to an activating group) is 2. The zero-order valence-electron chi connectivity index (χ0n) is 16.3. The van der Waals surface area contributed by atoms with Crippen molar-refractivity contribution in [1.82, 2.24) is 15.1 Å². The highest BCUT2D eigenvalue weighted by atomic mass is 16.4. The van der Waals surface area contributed by atoms with Crippen LogP contribution in [0.4, 0.5) is 4.79 Å². The highest BCUT2D eigenvalue weighted by molar-refractivity contribution is 5.75. The highest BCUT2D eigenvalue weighted by Crippen LogP contribution is 2.37. The van der Waals surface area contributed by atoms with Gasteiger partial charge >= 0.3 is 12.0 Å². The second-order valence-corrected chi connectivity index (χ2v) is 7.85. The molecule has 2 N–H and O–H groups in total. The van der Waals surface area contributed by atoms with Crippen LogP contribution in [0.15, 0.2) is 30.3 Å². The molecule has 0 aromatic heterocycles. The number of benzene rings is 1. The van der Waals surface area contributed by atoms with E-state index in [1.165, 1.54) is 5.56 Å². The van der Waals surface area contributed by atoms with Gasteiger partial charge in [-0.3, -0.25) is 9.69 Å². The molecule has 148 valence electrons. The zero-order valence-corrected chi connectivity index (χ0v) is 16.3. The summed E-state index contributed by atoms with van der Waals surface area (Å²) < 4.78 is 0. The second kappa shape index (κ2) is 8.74. The molecule has 27 heavy (non-hydrogen) atoms. The average molecular weight is 373 g/mol. The van der Waals surface area contributed by atoms with Crippen LogP contribution in [0, 0.1) is 0 Å². The van der Waals surface area contributed by atoms with Gasteiger partial charge in [0.2, 0.25) is 0 Å². The molecule has 0 aliphatic heterocycles. The van der Waals surface area contributed by atoms with Crippen molar-refractivity contribution in [3.05, 3.63) is 35.9 Å². The lowest BCUT2D eigenvalue weighted by Gasteiger charge is -2.43. The Labute approximate surface area is 161 Å². The number of amides is 2. The minimum absolute atomic E-state index is 0.00689. The van der Waals surface area contributed by atoms with E-state index in [1.807, 2.05) is 29.8 Å². The maximum absolute atomic E-state index is 12.7. The molecule has 2 amide bonds. The van der Waals surface area contributed by atoms with E-state index in [0.717, 1.165) is 38.6 Å². The Kier molecular flexibility index (Phi) is 6.37. The minimum Gasteiger partial charge on any atom is -0.480 e. The van der Waals surface area contributed by atoms with E-state index in [1.54, 1.807) is 0 Å². The van der Waals surface area contributed by atoms with Crippen LogP contribution in [0.5, 0.6) is 0 Å². The van der Waals surface area contributed by atoms with Gasteiger partial charge in [0, 0.05) is 31.1 Å². The quantitative estimate of drug-likeness (QED) is 0.771. The summed E-state index contributed by atoms with van der Waals surface area (Å²) >= 11 is 0. The molecule has 6 nitrogen and oxygen atoms in total. The van der Waals surface area contributed by atoms with Gasteiger partial charge in [0.1, 0.15) is 0 Å². The lowest BCUT2D eigenvalue weighted by molar-refractivity contribution is -0.139. The van der Waals surface area contributed by atoms with Crippen LogP contribution >= 0.6 is 0 Å². The third-order valence-corrected chi connectivity index (χ3v) is 6.23. The Morgan fingerprint density at radius 1 is 1.19 bits per heavy atom. The van der Waals surface area contributed by atoms with Gasteiger partial charge in [0.25, 0.3) is 0 Å². The Hall–Kier alpha value is -2.08. The van der Waals surface area contributed by atoms with Crippen LogP contribution in [-0.2, 0) is 4.79 Å². The molecule has 2 saturated carbocycles. The number of nitrogens with one attached hydrogen (secondary N) is 1. The van der Waals surface area contributed by atoms with Crippen molar-refractivity contribution < 1.29 is 14.7 Å². The molecule has 0 heterocycles. The number of urea groups is 1. The first-order valence-electron chi connectivity index (χ1n) is 10.0. The van der Waals surface area contributed by atoms with Crippen molar-refractivity contribution in [2.24, 2.45) is 0 Å². The number of aliphatic carboxylic acids is 1. The Morgan fingerprint density at radius 2 is 1.89 bits per heavy atom. The molecule has 2 aliphatic rings. The third-order valence-electron chi connectivity index (χ3n) is 6.23. The van der Waals surface area contributed by atoms with E-state index >= 15 is 0 Å². The second-order valence-electron chi connectivity index (χ2n) is 7.85. The van der Waals surface area contributed by atoms with E-state index in [-0.39, 0.29) is 30.7 Å². The summed E-state index contributed by atoms with van der Waals surface area (Å²) in [6.07, 6.45) is 4.96. The van der Waals surface area contributed by atoms with Gasteiger partial charge in [-0.05, 0) is 37.8 Å². The lowest BCUT2D eigenvalue weighted by atomic mass is 9.85. The fourth-order valence-electron chi connectivity index (χ4n) is 4.60. The number of carbonyl (C=O) groups excluding carboxylic acids is 1. The molecular weight excluding hydrogens is 342 g/mol. The topological polar surface area (TPSA) is 72.9 Å². The summed E-state index contributed by atoms with van der Waals surface area (Å²) in [5.41, 5.74) is 1.32. The highest BCUT2D eigenvalue weighted by Gasteiger charge is 2.38. The fraction of sp³-hybridized carbons (Fsp3) is 0.619. The van der Waals surface area contributed by atoms with Crippen LogP contribution in [0.1, 0.15) is 50.5 Å². The predicted octanol–water partition coefficient (Wildman–Crippen LogP) is 2.90. The first kappa shape index (κ1) is 19.7. The van der Waals surface area contributed by atoms with Crippen molar-refractivity contribution >= 4 is 12.0 Å². The van der Waals surface area contributed by atoms with Gasteiger partial charge in [-0.15, -0.1) is 0 Å². The van der Waals surface area contributed by atoms with Crippen LogP contribution in [0.2, 0.25) is 0 Å². The molecule has 0 radical (unpaired) electrons. The van der Waals surface area contributed by atoms with Gasteiger partial charge < -0.3 is 15.3 Å². The third kappa shape index (κ3) is 4.61. The van der Waals surface area contributed by atoms with E-state index in [9.17, 15) is 9.59 Å². The van der Waals surface area contributed by atoms with Crippen LogP contribution in [-0.4, -0.2) is 65.2 Å². The molecule has 0 spiro atoms. The molecular formula is C21H31N3O3. The predicted molar refractivity (Wildman–Crippen MR) is 105 cm³/mol. The monoisotopic (exact) mass is 373 g/mol. The van der Waals surface area contributed by atoms with Crippen molar-refractivity contribution in [2.75, 3.05) is 20.1 Å². The molecule has 2 unspecified atom stereocenters. The van der Waals surface area contributed by atoms with Crippen molar-refractivity contribution in [3.8, 4) is 0 Å². The SMILES string of the molecule is CCN(CC(=O)O)C1CC(NC(=O)N(C)C2CCCC2c2ccccc2)C1. The van der Waals surface area contributed by atoms with E-state index in [4.69, 9.17) is 5.11 Å². The molecule has 2 fully saturated rings. The minimum atomic E-state index is -0.794. The fourth-order valence-corrected chi connectivity index (χ4v) is 4.60. The zero-order chi connectivity index (χ0) is 19.4. The van der Waals surface area contributed by atoms with E-state index in [0.29, 0.717) is 5.92 Å². The summed E-state index contributed by atoms with van der Waals surface area (Å²) in [6.45, 7) is 2.77. The standard InChI is InChI=1S/C21H31N3O3/c1-3-24(14-20(25)26)17-12-16(13-17)22-21(27)23(2)19-11-7-10-18(19)15-8-5-4-6-9-15/h4-6,8-9,16-19H,3,7,10-14H2,1-2H3,(H,22,27)(H,25,26). The van der Waals surface area contributed by atoms with Gasteiger partial charge in [-0.2, -0.15) is 0 Å². The van der Waals surface area contributed by atoms with Gasteiger partial charge in [0.05, 0.1) is 6.54 Å². The summed E-state index contributed by atoms with van der Waals surface area (Å²) in [6, 6.07) is 11.1. The van der Waals surface area contributed by atoms with Gasteiger partial charge in [0.15, 0.2) is 0 Å². The Bertz CT molecular complexity index is 645. The molecule has 0 saturated heterocycles. The first-order valence-corrected chi connectivity index (χ1v) is 10.0. The number of carbonyl (C=O) groups is 2. The largest absolute Gasteiger partial charge is 0.480 e. The molecule has 6 heteroatoms. The normalized spacial score (nSPS) is 27.2. The molecule has 2 atom stereocenters. The van der Waals surface area contributed by atoms with E-state index < -0.39 is 5.97 Å². The maximum Gasteiger partial charge on any atom is 0.317 e. The summed E-state index contributed by atoms with van der Waals surface area (Å²) in [5, 5.41) is 12.1. The number of carboxylic acid groups (broad SMARTS) is 1. The first-order chi connectivity index (χ1) is 13.0. The molecule has 1 aromatic carbocycles. The van der Waals surface area contributed by atoms with E-state index in [2.05, 4.69) is 29.6 Å². The van der Waals surface area contributed by atoms with Crippen molar-refractivity contribution in [1.29, 1.82) is 0 Å². The Morgan fingerprint density at radius 3 is 2.52 bits per heavy atom. The van der Waals surface area contributed by atoms with Crippen molar-refractivity contribution in [2.45, 2.75) is 63.1 Å². The number of rotatable bonds is 7. The lowest BCUT2D eigenvalue weighted by Crippen LogP contribution is -2.57. The number of nitrogens with zero attached hydrogens (tertiary/aromatic N) is 2. The van der Waals surface area contributed by atoms with Crippen molar-refractivity contribution in [3.63, 3.8) is 0 Å². The van der Waals surface area contributed by atoms with Crippen LogP contribution in [0.3, 0.4) is 0 Å². The number of hydrogen-bond donors (Lipinski definition) is 2. The van der Waals surface area contributed by atoms with Crippen LogP contribution < -0.4 is 5.32 Å². The number of carboxylic acids is 1. The van der Waals surface area contributed by atoms with Gasteiger partial charge in [-0.25, -0.2) is 4.79 Å². The molecule has 1 aromatic rings. The average Bonchev–Trinajstić information content (AvgIpc) is 3.12. The Balaban J connectivity index is 1.51. The maximum atomic E-state index is 12.7.